The van der Waals surface area contributed by atoms with Crippen molar-refractivity contribution in [3.05, 3.63) is 12.7 Å². The zero-order chi connectivity index (χ0) is 17.5. The third-order valence-electron chi connectivity index (χ3n) is 3.57. The SMILES string of the molecule is O=S(=O)(O)CNc1ncnc2c1ncn2C1OC(CO)C(O)C1O. The second-order valence-corrected chi connectivity index (χ2v) is 6.63. The maximum Gasteiger partial charge on any atom is 0.283 e. The molecule has 1 saturated heterocycles. The van der Waals surface area contributed by atoms with Crippen LogP contribution in [-0.4, -0.2) is 78.6 Å². The number of hydrogen-bond donors (Lipinski definition) is 5. The topological polar surface area (TPSA) is 180 Å². The van der Waals surface area contributed by atoms with Crippen LogP contribution in [0.5, 0.6) is 0 Å². The molecule has 0 amide bonds. The van der Waals surface area contributed by atoms with Gasteiger partial charge in [0.1, 0.15) is 30.5 Å². The smallest absolute Gasteiger partial charge is 0.283 e. The predicted molar refractivity (Wildman–Crippen MR) is 78.4 cm³/mol. The van der Waals surface area contributed by atoms with Crippen LogP contribution in [0, 0.1) is 0 Å². The predicted octanol–water partition coefficient (Wildman–Crippen LogP) is -2.30. The van der Waals surface area contributed by atoms with Gasteiger partial charge in [-0.1, -0.05) is 0 Å². The normalized spacial score (nSPS) is 27.7. The Hall–Kier alpha value is -1.90. The van der Waals surface area contributed by atoms with Gasteiger partial charge in [0.15, 0.2) is 23.2 Å². The van der Waals surface area contributed by atoms with Gasteiger partial charge in [0.25, 0.3) is 10.1 Å². The maximum atomic E-state index is 10.8. The Kier molecular flexibility index (Phi) is 4.37. The van der Waals surface area contributed by atoms with Gasteiger partial charge < -0.3 is 25.4 Å². The molecule has 1 aliphatic rings. The summed E-state index contributed by atoms with van der Waals surface area (Å²) in [5, 5.41) is 31.4. The highest BCUT2D eigenvalue weighted by Crippen LogP contribution is 2.31. The summed E-state index contributed by atoms with van der Waals surface area (Å²) in [5.74, 6) is -0.706. The van der Waals surface area contributed by atoms with Crippen LogP contribution in [0.3, 0.4) is 0 Å². The molecule has 3 rings (SSSR count). The van der Waals surface area contributed by atoms with Gasteiger partial charge in [-0.2, -0.15) is 8.42 Å². The van der Waals surface area contributed by atoms with Gasteiger partial charge in [-0.3, -0.25) is 9.12 Å². The van der Waals surface area contributed by atoms with E-state index in [-0.39, 0.29) is 17.0 Å². The van der Waals surface area contributed by atoms with Crippen LogP contribution >= 0.6 is 0 Å². The first-order chi connectivity index (χ1) is 11.3. The highest BCUT2D eigenvalue weighted by Gasteiger charge is 2.44. The molecule has 0 bridgehead atoms. The number of aliphatic hydroxyl groups is 3. The zero-order valence-corrected chi connectivity index (χ0v) is 12.9. The first-order valence-electron chi connectivity index (χ1n) is 6.81. The average molecular weight is 361 g/mol. The fourth-order valence-electron chi connectivity index (χ4n) is 2.44. The van der Waals surface area contributed by atoms with E-state index in [4.69, 9.17) is 14.4 Å². The monoisotopic (exact) mass is 361 g/mol. The number of nitrogens with zero attached hydrogens (tertiary/aromatic N) is 4. The largest absolute Gasteiger partial charge is 0.394 e. The second-order valence-electron chi connectivity index (χ2n) is 5.18. The minimum absolute atomic E-state index is 0.0584. The Balaban J connectivity index is 1.94. The molecule has 0 aliphatic carbocycles. The first kappa shape index (κ1) is 16.9. The number of rotatable bonds is 5. The maximum absolute atomic E-state index is 10.8. The van der Waals surface area contributed by atoms with Crippen LogP contribution in [0.15, 0.2) is 12.7 Å². The van der Waals surface area contributed by atoms with Crippen LogP contribution in [0.4, 0.5) is 5.82 Å². The Morgan fingerprint density at radius 2 is 2.00 bits per heavy atom. The molecule has 0 spiro atoms. The highest BCUT2D eigenvalue weighted by molar-refractivity contribution is 7.85. The number of fused-ring (bicyclic) bond motifs is 1. The summed E-state index contributed by atoms with van der Waals surface area (Å²) in [6.45, 7) is -0.475. The molecule has 0 saturated carbocycles. The van der Waals surface area contributed by atoms with Gasteiger partial charge in [-0.05, 0) is 0 Å². The summed E-state index contributed by atoms with van der Waals surface area (Å²) >= 11 is 0. The molecule has 1 fully saturated rings. The summed E-state index contributed by atoms with van der Waals surface area (Å²) in [6.07, 6.45) is -2.18. The number of imidazole rings is 1. The molecule has 4 unspecified atom stereocenters. The molecule has 2 aromatic heterocycles. The molecule has 0 radical (unpaired) electrons. The van der Waals surface area contributed by atoms with E-state index in [1.54, 1.807) is 0 Å². The molecule has 1 aliphatic heterocycles. The second kappa shape index (κ2) is 6.19. The van der Waals surface area contributed by atoms with Crippen molar-refractivity contribution in [1.82, 2.24) is 19.5 Å². The van der Waals surface area contributed by atoms with E-state index in [0.717, 1.165) is 6.33 Å². The lowest BCUT2D eigenvalue weighted by Crippen LogP contribution is -2.33. The third kappa shape index (κ3) is 3.04. The van der Waals surface area contributed by atoms with E-state index in [2.05, 4.69) is 20.3 Å². The van der Waals surface area contributed by atoms with E-state index in [0.29, 0.717) is 0 Å². The number of hydrogen-bond acceptors (Lipinski definition) is 10. The van der Waals surface area contributed by atoms with Crippen molar-refractivity contribution in [2.75, 3.05) is 17.8 Å². The summed E-state index contributed by atoms with van der Waals surface area (Å²) in [7, 11) is -4.26. The van der Waals surface area contributed by atoms with Crippen LogP contribution in [0.2, 0.25) is 0 Å². The lowest BCUT2D eigenvalue weighted by Gasteiger charge is -2.16. The standard InChI is InChI=1S/C11H15N5O7S/c17-1-5-7(18)8(19)11(23-5)16-3-14-6-9(12-2-13-10(6)16)15-4-24(20,21)22/h2-3,5,7-8,11,17-19H,1,4H2,(H,12,13,15)(H,20,21,22). The number of aromatic nitrogens is 4. The summed E-state index contributed by atoms with van der Waals surface area (Å²) in [5.41, 5.74) is 0.386. The molecule has 3 heterocycles. The molecular formula is C11H15N5O7S. The van der Waals surface area contributed by atoms with E-state index in [1.807, 2.05) is 0 Å². The van der Waals surface area contributed by atoms with Crippen LogP contribution in [0.25, 0.3) is 11.2 Å². The molecule has 12 nitrogen and oxygen atoms in total. The first-order valence-corrected chi connectivity index (χ1v) is 8.42. The van der Waals surface area contributed by atoms with Gasteiger partial charge in [0.2, 0.25) is 0 Å². The summed E-state index contributed by atoms with van der Waals surface area (Å²) < 4.78 is 37.2. The molecule has 2 aromatic rings. The molecule has 13 heteroatoms. The van der Waals surface area contributed by atoms with Gasteiger partial charge >= 0.3 is 0 Å². The fourth-order valence-corrected chi connectivity index (χ4v) is 2.76. The van der Waals surface area contributed by atoms with Gasteiger partial charge in [0.05, 0.1) is 12.9 Å². The molecule has 0 aromatic carbocycles. The zero-order valence-electron chi connectivity index (χ0n) is 12.1. The molecule has 132 valence electrons. The number of anilines is 1. The molecule has 5 N–H and O–H groups in total. The van der Waals surface area contributed by atoms with Crippen molar-refractivity contribution in [3.63, 3.8) is 0 Å². The lowest BCUT2D eigenvalue weighted by molar-refractivity contribution is -0.0511. The van der Waals surface area contributed by atoms with Gasteiger partial charge in [0, 0.05) is 0 Å². The van der Waals surface area contributed by atoms with Gasteiger partial charge in [-0.15, -0.1) is 0 Å². The number of aliphatic hydroxyl groups excluding tert-OH is 3. The lowest BCUT2D eigenvalue weighted by atomic mass is 10.1. The van der Waals surface area contributed by atoms with Gasteiger partial charge in [-0.25, -0.2) is 15.0 Å². The summed E-state index contributed by atoms with van der Waals surface area (Å²) in [6, 6.07) is 0. The molecular weight excluding hydrogens is 346 g/mol. The van der Waals surface area contributed by atoms with Crippen molar-refractivity contribution in [2.24, 2.45) is 0 Å². The molecule has 4 atom stereocenters. The van der Waals surface area contributed by atoms with Crippen LogP contribution in [0.1, 0.15) is 6.23 Å². The quantitative estimate of drug-likeness (QED) is 0.361. The Labute approximate surface area is 135 Å². The Morgan fingerprint density at radius 3 is 2.62 bits per heavy atom. The van der Waals surface area contributed by atoms with Crippen molar-refractivity contribution in [2.45, 2.75) is 24.5 Å². The van der Waals surface area contributed by atoms with Crippen molar-refractivity contribution < 1.29 is 33.0 Å². The van der Waals surface area contributed by atoms with E-state index >= 15 is 0 Å². The number of nitrogens with one attached hydrogen (secondary N) is 1. The minimum Gasteiger partial charge on any atom is -0.394 e. The third-order valence-corrected chi connectivity index (χ3v) is 4.08. The van der Waals surface area contributed by atoms with E-state index < -0.39 is 47.1 Å². The van der Waals surface area contributed by atoms with Crippen molar-refractivity contribution in [3.8, 4) is 0 Å². The average Bonchev–Trinajstić information content (AvgIpc) is 3.07. The van der Waals surface area contributed by atoms with Crippen molar-refractivity contribution >= 4 is 27.1 Å². The Bertz CT molecular complexity index is 840. The Morgan fingerprint density at radius 1 is 1.25 bits per heavy atom. The van der Waals surface area contributed by atoms with Crippen LogP contribution in [-0.2, 0) is 14.9 Å². The van der Waals surface area contributed by atoms with E-state index in [9.17, 15) is 18.6 Å². The van der Waals surface area contributed by atoms with Crippen molar-refractivity contribution in [1.29, 1.82) is 0 Å². The minimum atomic E-state index is -4.26. The summed E-state index contributed by atoms with van der Waals surface area (Å²) in [4.78, 5) is 11.9. The fraction of sp³-hybridized carbons (Fsp3) is 0.545. The van der Waals surface area contributed by atoms with Crippen LogP contribution < -0.4 is 5.32 Å². The van der Waals surface area contributed by atoms with E-state index in [1.165, 1.54) is 10.9 Å². The number of ether oxygens (including phenoxy) is 1. The molecule has 24 heavy (non-hydrogen) atoms. The highest BCUT2D eigenvalue weighted by atomic mass is 32.2.